The second-order valence-electron chi connectivity index (χ2n) is 5.65. The van der Waals surface area contributed by atoms with Gasteiger partial charge in [0, 0.05) is 5.02 Å². The maximum atomic E-state index is 13.0. The zero-order chi connectivity index (χ0) is 16.1. The summed E-state index contributed by atoms with van der Waals surface area (Å²) >= 11 is 5.59. The van der Waals surface area contributed by atoms with E-state index >= 15 is 0 Å². The molecule has 3 atom stereocenters. The predicted octanol–water partition coefficient (Wildman–Crippen LogP) is 4.07. The number of benzene rings is 1. The molecule has 2 aliphatic rings. The van der Waals surface area contributed by atoms with Crippen LogP contribution < -0.4 is 4.72 Å². The molecule has 0 unspecified atom stereocenters. The molecule has 1 fully saturated rings. The maximum Gasteiger partial charge on any atom is 0.418 e. The summed E-state index contributed by atoms with van der Waals surface area (Å²) in [5.41, 5.74) is -1.56. The average Bonchev–Trinajstić information content (AvgIpc) is 3.02. The van der Waals surface area contributed by atoms with Crippen molar-refractivity contribution in [1.82, 2.24) is 0 Å². The lowest BCUT2D eigenvalue weighted by Crippen LogP contribution is -2.31. The van der Waals surface area contributed by atoms with Crippen LogP contribution in [-0.4, -0.2) is 13.7 Å². The Kier molecular flexibility index (Phi) is 3.68. The van der Waals surface area contributed by atoms with Gasteiger partial charge in [-0.25, -0.2) is 8.42 Å². The molecule has 8 heteroatoms. The fourth-order valence-electron chi connectivity index (χ4n) is 3.16. The molecule has 22 heavy (non-hydrogen) atoms. The molecule has 0 spiro atoms. The van der Waals surface area contributed by atoms with Gasteiger partial charge in [0.25, 0.3) is 0 Å². The molecular formula is C14H13ClF3NO2S. The first kappa shape index (κ1) is 15.7. The SMILES string of the molecule is O=S(=O)(Nc1ccc(Cl)cc1C(F)(F)F)[C@@H]1C[C@H]2C=C[C@H]1C2. The van der Waals surface area contributed by atoms with Crippen molar-refractivity contribution in [1.29, 1.82) is 0 Å². The van der Waals surface area contributed by atoms with E-state index in [-0.39, 0.29) is 16.9 Å². The summed E-state index contributed by atoms with van der Waals surface area (Å²) in [7, 11) is -3.88. The average molecular weight is 352 g/mol. The van der Waals surface area contributed by atoms with Crippen LogP contribution in [0.4, 0.5) is 18.9 Å². The number of halogens is 4. The fourth-order valence-corrected chi connectivity index (χ4v) is 5.13. The van der Waals surface area contributed by atoms with E-state index in [1.165, 1.54) is 6.07 Å². The molecule has 3 rings (SSSR count). The van der Waals surface area contributed by atoms with Crippen molar-refractivity contribution in [3.05, 3.63) is 40.9 Å². The molecule has 0 aromatic heterocycles. The van der Waals surface area contributed by atoms with Gasteiger partial charge in [0.15, 0.2) is 0 Å². The van der Waals surface area contributed by atoms with E-state index in [2.05, 4.69) is 4.72 Å². The molecule has 0 heterocycles. The normalized spacial score (nSPS) is 27.4. The number of hydrogen-bond acceptors (Lipinski definition) is 2. The Balaban J connectivity index is 1.91. The largest absolute Gasteiger partial charge is 0.418 e. The molecular weight excluding hydrogens is 339 g/mol. The van der Waals surface area contributed by atoms with Gasteiger partial charge in [-0.05, 0) is 42.9 Å². The van der Waals surface area contributed by atoms with E-state index in [0.717, 1.165) is 18.6 Å². The first-order valence-corrected chi connectivity index (χ1v) is 8.66. The molecule has 1 saturated carbocycles. The van der Waals surface area contributed by atoms with Gasteiger partial charge in [-0.2, -0.15) is 13.2 Å². The Morgan fingerprint density at radius 2 is 1.91 bits per heavy atom. The van der Waals surface area contributed by atoms with Gasteiger partial charge in [-0.1, -0.05) is 23.8 Å². The van der Waals surface area contributed by atoms with Crippen LogP contribution in [0.15, 0.2) is 30.4 Å². The van der Waals surface area contributed by atoms with E-state index in [9.17, 15) is 21.6 Å². The number of alkyl halides is 3. The molecule has 1 N–H and O–H groups in total. The highest BCUT2D eigenvalue weighted by Crippen LogP contribution is 2.44. The van der Waals surface area contributed by atoms with Gasteiger partial charge in [0.1, 0.15) is 0 Å². The van der Waals surface area contributed by atoms with Crippen LogP contribution in [0.2, 0.25) is 5.02 Å². The van der Waals surface area contributed by atoms with Crippen LogP contribution in [0.1, 0.15) is 18.4 Å². The van der Waals surface area contributed by atoms with Crippen molar-refractivity contribution in [2.24, 2.45) is 11.8 Å². The number of allylic oxidation sites excluding steroid dienone is 2. The van der Waals surface area contributed by atoms with Crippen molar-refractivity contribution in [2.75, 3.05) is 4.72 Å². The Morgan fingerprint density at radius 3 is 2.45 bits per heavy atom. The Labute approximate surface area is 131 Å². The summed E-state index contributed by atoms with van der Waals surface area (Å²) in [4.78, 5) is 0. The van der Waals surface area contributed by atoms with Crippen LogP contribution in [0, 0.1) is 11.8 Å². The topological polar surface area (TPSA) is 46.2 Å². The molecule has 2 bridgehead atoms. The highest BCUT2D eigenvalue weighted by molar-refractivity contribution is 7.93. The third-order valence-corrected chi connectivity index (χ3v) is 6.23. The summed E-state index contributed by atoms with van der Waals surface area (Å²) < 4.78 is 66.0. The molecule has 1 aromatic rings. The van der Waals surface area contributed by atoms with Crippen LogP contribution in [0.3, 0.4) is 0 Å². The van der Waals surface area contributed by atoms with Gasteiger partial charge in [-0.15, -0.1) is 0 Å². The molecule has 0 aliphatic heterocycles. The van der Waals surface area contributed by atoms with Gasteiger partial charge in [0.05, 0.1) is 16.5 Å². The summed E-state index contributed by atoms with van der Waals surface area (Å²) in [6.07, 6.45) is 0.325. The van der Waals surface area contributed by atoms with Crippen molar-refractivity contribution in [3.8, 4) is 0 Å². The number of nitrogens with one attached hydrogen (secondary N) is 1. The Morgan fingerprint density at radius 1 is 1.18 bits per heavy atom. The molecule has 0 saturated heterocycles. The Bertz CT molecular complexity index is 730. The van der Waals surface area contributed by atoms with Crippen LogP contribution >= 0.6 is 11.6 Å². The minimum atomic E-state index is -4.68. The van der Waals surface area contributed by atoms with Crippen LogP contribution in [0.25, 0.3) is 0 Å². The minimum absolute atomic E-state index is 0.0990. The predicted molar refractivity (Wildman–Crippen MR) is 78.1 cm³/mol. The summed E-state index contributed by atoms with van der Waals surface area (Å²) in [6, 6.07) is 3.00. The van der Waals surface area contributed by atoms with Crippen molar-refractivity contribution in [2.45, 2.75) is 24.3 Å². The zero-order valence-corrected chi connectivity index (χ0v) is 12.8. The molecule has 3 nitrogen and oxygen atoms in total. The lowest BCUT2D eigenvalue weighted by molar-refractivity contribution is -0.136. The van der Waals surface area contributed by atoms with E-state index in [1.807, 2.05) is 12.2 Å². The fraction of sp³-hybridized carbons (Fsp3) is 0.429. The molecule has 0 amide bonds. The van der Waals surface area contributed by atoms with Gasteiger partial charge in [0.2, 0.25) is 10.0 Å². The first-order chi connectivity index (χ1) is 10.2. The van der Waals surface area contributed by atoms with Crippen LogP contribution in [0.5, 0.6) is 0 Å². The lowest BCUT2D eigenvalue weighted by Gasteiger charge is -2.21. The number of rotatable bonds is 3. The number of sulfonamides is 1. The third-order valence-electron chi connectivity index (χ3n) is 4.16. The number of fused-ring (bicyclic) bond motifs is 2. The smallest absolute Gasteiger partial charge is 0.283 e. The van der Waals surface area contributed by atoms with E-state index in [0.29, 0.717) is 6.42 Å². The second kappa shape index (κ2) is 5.16. The molecule has 120 valence electrons. The summed E-state index contributed by atoms with van der Waals surface area (Å²) in [6.45, 7) is 0. The van der Waals surface area contributed by atoms with Gasteiger partial charge < -0.3 is 0 Å². The van der Waals surface area contributed by atoms with E-state index < -0.39 is 32.7 Å². The second-order valence-corrected chi connectivity index (χ2v) is 7.99. The van der Waals surface area contributed by atoms with Gasteiger partial charge in [-0.3, -0.25) is 4.72 Å². The molecule has 2 aliphatic carbocycles. The maximum absolute atomic E-state index is 13.0. The van der Waals surface area contributed by atoms with Gasteiger partial charge >= 0.3 is 6.18 Å². The minimum Gasteiger partial charge on any atom is -0.283 e. The number of anilines is 1. The lowest BCUT2D eigenvalue weighted by atomic mass is 10.1. The molecule has 1 aromatic carbocycles. The molecule has 0 radical (unpaired) electrons. The summed E-state index contributed by atoms with van der Waals surface area (Å²) in [5.74, 6) is 0.0861. The zero-order valence-electron chi connectivity index (χ0n) is 11.3. The standard InChI is InChI=1S/C14H13ClF3NO2S/c15-10-3-4-12(11(7-10)14(16,17)18)19-22(20,21)13-6-8-1-2-9(13)5-8/h1-4,7-9,13,19H,5-6H2/t8-,9-,13+/m0/s1. The third kappa shape index (κ3) is 2.84. The monoisotopic (exact) mass is 351 g/mol. The Hall–Kier alpha value is -1.21. The highest BCUT2D eigenvalue weighted by Gasteiger charge is 2.44. The van der Waals surface area contributed by atoms with Crippen molar-refractivity contribution < 1.29 is 21.6 Å². The van der Waals surface area contributed by atoms with E-state index in [4.69, 9.17) is 11.6 Å². The number of hydrogen-bond donors (Lipinski definition) is 1. The van der Waals surface area contributed by atoms with Crippen molar-refractivity contribution in [3.63, 3.8) is 0 Å². The van der Waals surface area contributed by atoms with Crippen molar-refractivity contribution >= 4 is 27.3 Å². The summed E-state index contributed by atoms with van der Waals surface area (Å²) in [5, 5.41) is -0.780. The van der Waals surface area contributed by atoms with Crippen LogP contribution in [-0.2, 0) is 16.2 Å². The van der Waals surface area contributed by atoms with E-state index in [1.54, 1.807) is 0 Å². The first-order valence-electron chi connectivity index (χ1n) is 6.73. The quantitative estimate of drug-likeness (QED) is 0.834. The highest BCUT2D eigenvalue weighted by atomic mass is 35.5.